The van der Waals surface area contributed by atoms with Crippen LogP contribution in [0.15, 0.2) is 11.4 Å². The molecular weight excluding hydrogens is 230 g/mol. The van der Waals surface area contributed by atoms with Gasteiger partial charge >= 0.3 is 0 Å². The van der Waals surface area contributed by atoms with Crippen LogP contribution in [0.4, 0.5) is 0 Å². The molecule has 0 unspecified atom stereocenters. The Morgan fingerprint density at radius 3 is 2.82 bits per heavy atom. The van der Waals surface area contributed by atoms with Gasteiger partial charge in [0.05, 0.1) is 5.60 Å². The number of thiophene rings is 1. The monoisotopic (exact) mass is 253 g/mol. The van der Waals surface area contributed by atoms with Crippen molar-refractivity contribution in [3.05, 3.63) is 21.9 Å². The molecule has 2 rings (SSSR count). The fourth-order valence-corrected chi connectivity index (χ4v) is 3.58. The van der Waals surface area contributed by atoms with Crippen molar-refractivity contribution in [3.63, 3.8) is 0 Å². The first-order chi connectivity index (χ1) is 8.23. The maximum absolute atomic E-state index is 10.4. The first kappa shape index (κ1) is 13.1. The van der Waals surface area contributed by atoms with E-state index in [1.54, 1.807) is 0 Å². The van der Waals surface area contributed by atoms with Gasteiger partial charge in [0.15, 0.2) is 0 Å². The molecule has 1 saturated carbocycles. The Bertz CT molecular complexity index is 342. The molecule has 0 saturated heterocycles. The van der Waals surface area contributed by atoms with Gasteiger partial charge in [0.25, 0.3) is 0 Å². The summed E-state index contributed by atoms with van der Waals surface area (Å²) in [6, 6.07) is 2.21. The highest BCUT2D eigenvalue weighted by Crippen LogP contribution is 2.27. The highest BCUT2D eigenvalue weighted by molar-refractivity contribution is 7.10. The molecular formula is C14H23NOS. The normalized spacial score (nSPS) is 19.4. The molecule has 1 aromatic heterocycles. The predicted octanol–water partition coefficient (Wildman–Crippen LogP) is 3.10. The van der Waals surface area contributed by atoms with E-state index < -0.39 is 5.60 Å². The van der Waals surface area contributed by atoms with Gasteiger partial charge in [-0.2, -0.15) is 0 Å². The van der Waals surface area contributed by atoms with Crippen LogP contribution < -0.4 is 5.32 Å². The Balaban J connectivity index is 1.79. The lowest BCUT2D eigenvalue weighted by Crippen LogP contribution is -2.41. The standard InChI is InChI=1S/C14H23NOS/c1-2-12-6-9-17-13(12)10-15-11-14(16)7-4-3-5-8-14/h6,9,15-16H,2-5,7-8,10-11H2,1H3. The van der Waals surface area contributed by atoms with Gasteiger partial charge in [-0.3, -0.25) is 0 Å². The summed E-state index contributed by atoms with van der Waals surface area (Å²) < 4.78 is 0. The first-order valence-corrected chi connectivity index (χ1v) is 7.60. The van der Waals surface area contributed by atoms with Crippen LogP contribution in [0.2, 0.25) is 0 Å². The lowest BCUT2D eigenvalue weighted by molar-refractivity contribution is 0.00471. The van der Waals surface area contributed by atoms with Gasteiger partial charge < -0.3 is 10.4 Å². The van der Waals surface area contributed by atoms with Crippen molar-refractivity contribution in [2.24, 2.45) is 0 Å². The molecule has 17 heavy (non-hydrogen) atoms. The van der Waals surface area contributed by atoms with E-state index in [1.165, 1.54) is 29.7 Å². The Hall–Kier alpha value is -0.380. The second-order valence-electron chi connectivity index (χ2n) is 5.11. The maximum Gasteiger partial charge on any atom is 0.0771 e. The third-order valence-electron chi connectivity index (χ3n) is 3.74. The number of rotatable bonds is 5. The average Bonchev–Trinajstić information content (AvgIpc) is 2.77. The van der Waals surface area contributed by atoms with E-state index >= 15 is 0 Å². The molecule has 1 aliphatic rings. The predicted molar refractivity (Wildman–Crippen MR) is 73.4 cm³/mol. The molecule has 0 aromatic carbocycles. The quantitative estimate of drug-likeness (QED) is 0.845. The van der Waals surface area contributed by atoms with Crippen LogP contribution >= 0.6 is 11.3 Å². The topological polar surface area (TPSA) is 32.3 Å². The molecule has 1 aliphatic carbocycles. The van der Waals surface area contributed by atoms with E-state index in [4.69, 9.17) is 0 Å². The second kappa shape index (κ2) is 5.98. The Kier molecular flexibility index (Phi) is 4.60. The highest BCUT2D eigenvalue weighted by Gasteiger charge is 2.28. The zero-order valence-electron chi connectivity index (χ0n) is 10.7. The van der Waals surface area contributed by atoms with Gasteiger partial charge in [-0.25, -0.2) is 0 Å². The minimum Gasteiger partial charge on any atom is -0.389 e. The average molecular weight is 253 g/mol. The lowest BCUT2D eigenvalue weighted by atomic mass is 9.85. The Labute approximate surface area is 108 Å². The summed E-state index contributed by atoms with van der Waals surface area (Å²) >= 11 is 1.82. The number of hydrogen-bond donors (Lipinski definition) is 2. The van der Waals surface area contributed by atoms with Crippen LogP contribution in [0.5, 0.6) is 0 Å². The third-order valence-corrected chi connectivity index (χ3v) is 4.71. The summed E-state index contributed by atoms with van der Waals surface area (Å²) in [6.45, 7) is 3.84. The molecule has 2 nitrogen and oxygen atoms in total. The molecule has 0 spiro atoms. The molecule has 0 bridgehead atoms. The smallest absolute Gasteiger partial charge is 0.0771 e. The highest BCUT2D eigenvalue weighted by atomic mass is 32.1. The fourth-order valence-electron chi connectivity index (χ4n) is 2.63. The molecule has 1 heterocycles. The summed E-state index contributed by atoms with van der Waals surface area (Å²) in [7, 11) is 0. The van der Waals surface area contributed by atoms with Gasteiger partial charge in [-0.05, 0) is 36.3 Å². The van der Waals surface area contributed by atoms with E-state index in [2.05, 4.69) is 23.7 Å². The summed E-state index contributed by atoms with van der Waals surface area (Å²) in [6.07, 6.45) is 6.67. The number of hydrogen-bond acceptors (Lipinski definition) is 3. The van der Waals surface area contributed by atoms with Crippen molar-refractivity contribution in [1.82, 2.24) is 5.32 Å². The minimum atomic E-state index is -0.443. The molecule has 1 fully saturated rings. The zero-order valence-corrected chi connectivity index (χ0v) is 11.5. The Morgan fingerprint density at radius 2 is 2.12 bits per heavy atom. The zero-order chi connectivity index (χ0) is 12.1. The minimum absolute atomic E-state index is 0.443. The van der Waals surface area contributed by atoms with Crippen molar-refractivity contribution in [1.29, 1.82) is 0 Å². The summed E-state index contributed by atoms with van der Waals surface area (Å²) in [4.78, 5) is 1.42. The van der Waals surface area contributed by atoms with Crippen molar-refractivity contribution in [2.75, 3.05) is 6.54 Å². The van der Waals surface area contributed by atoms with Crippen LogP contribution in [0.1, 0.15) is 49.5 Å². The summed E-state index contributed by atoms with van der Waals surface area (Å²) in [5.41, 5.74) is 1.00. The summed E-state index contributed by atoms with van der Waals surface area (Å²) in [5, 5.41) is 16.0. The van der Waals surface area contributed by atoms with Crippen molar-refractivity contribution < 1.29 is 5.11 Å². The second-order valence-corrected chi connectivity index (χ2v) is 6.11. The van der Waals surface area contributed by atoms with Crippen LogP contribution in [-0.2, 0) is 13.0 Å². The van der Waals surface area contributed by atoms with Gasteiger partial charge in [0.2, 0.25) is 0 Å². The molecule has 0 radical (unpaired) electrons. The van der Waals surface area contributed by atoms with E-state index in [0.717, 1.165) is 32.4 Å². The summed E-state index contributed by atoms with van der Waals surface area (Å²) in [5.74, 6) is 0. The molecule has 0 atom stereocenters. The molecule has 3 heteroatoms. The van der Waals surface area contributed by atoms with Crippen LogP contribution in [-0.4, -0.2) is 17.3 Å². The van der Waals surface area contributed by atoms with Crippen molar-refractivity contribution >= 4 is 11.3 Å². The first-order valence-electron chi connectivity index (χ1n) is 6.72. The van der Waals surface area contributed by atoms with Crippen molar-refractivity contribution in [2.45, 2.75) is 57.6 Å². The number of nitrogens with one attached hydrogen (secondary N) is 1. The Morgan fingerprint density at radius 1 is 1.35 bits per heavy atom. The maximum atomic E-state index is 10.4. The fraction of sp³-hybridized carbons (Fsp3) is 0.714. The van der Waals surface area contributed by atoms with Gasteiger partial charge in [0, 0.05) is 18.0 Å². The SMILES string of the molecule is CCc1ccsc1CNCC1(O)CCCCC1. The lowest BCUT2D eigenvalue weighted by Gasteiger charge is -2.32. The number of aryl methyl sites for hydroxylation is 1. The largest absolute Gasteiger partial charge is 0.389 e. The van der Waals surface area contributed by atoms with Crippen molar-refractivity contribution in [3.8, 4) is 0 Å². The number of aliphatic hydroxyl groups is 1. The van der Waals surface area contributed by atoms with Gasteiger partial charge in [0.1, 0.15) is 0 Å². The van der Waals surface area contributed by atoms with E-state index in [-0.39, 0.29) is 0 Å². The van der Waals surface area contributed by atoms with Gasteiger partial charge in [-0.1, -0.05) is 26.2 Å². The molecule has 2 N–H and O–H groups in total. The van der Waals surface area contributed by atoms with E-state index in [1.807, 2.05) is 11.3 Å². The van der Waals surface area contributed by atoms with E-state index in [0.29, 0.717) is 0 Å². The van der Waals surface area contributed by atoms with Crippen LogP contribution in [0, 0.1) is 0 Å². The molecule has 1 aromatic rings. The molecule has 96 valence electrons. The van der Waals surface area contributed by atoms with Crippen LogP contribution in [0.3, 0.4) is 0 Å². The van der Waals surface area contributed by atoms with Crippen LogP contribution in [0.25, 0.3) is 0 Å². The van der Waals surface area contributed by atoms with E-state index in [9.17, 15) is 5.11 Å². The molecule has 0 amide bonds. The van der Waals surface area contributed by atoms with Gasteiger partial charge in [-0.15, -0.1) is 11.3 Å². The molecule has 0 aliphatic heterocycles. The third kappa shape index (κ3) is 3.54.